The van der Waals surface area contributed by atoms with Gasteiger partial charge in [-0.05, 0) is 54.3 Å². The molecule has 1 aliphatic heterocycles. The van der Waals surface area contributed by atoms with Gasteiger partial charge < -0.3 is 15.0 Å². The summed E-state index contributed by atoms with van der Waals surface area (Å²) in [7, 11) is 3.93. The van der Waals surface area contributed by atoms with E-state index in [9.17, 15) is 9.59 Å². The molecule has 7 heteroatoms. The largest absolute Gasteiger partial charge is 0.491 e. The fourth-order valence-corrected chi connectivity index (χ4v) is 4.25. The summed E-state index contributed by atoms with van der Waals surface area (Å²) in [5.74, 6) is -0.252. The van der Waals surface area contributed by atoms with Crippen LogP contribution in [-0.4, -0.2) is 32.5 Å². The number of rotatable bonds is 8. The average molecular weight is 448 g/mol. The smallest absolute Gasteiger partial charge is 0.282 e. The number of benzene rings is 2. The van der Waals surface area contributed by atoms with Gasteiger partial charge in [-0.25, -0.2) is 4.90 Å². The van der Waals surface area contributed by atoms with Gasteiger partial charge in [0.05, 0.1) is 17.9 Å². The number of thiophene rings is 1. The van der Waals surface area contributed by atoms with Crippen LogP contribution in [0.15, 0.2) is 71.7 Å². The number of para-hydroxylation sites is 2. The number of anilines is 3. The third-order valence-electron chi connectivity index (χ3n) is 5.07. The minimum Gasteiger partial charge on any atom is -0.491 e. The van der Waals surface area contributed by atoms with Crippen LogP contribution in [0.5, 0.6) is 5.75 Å². The molecule has 2 heterocycles. The topological polar surface area (TPSA) is 61.9 Å². The van der Waals surface area contributed by atoms with Crippen LogP contribution >= 0.6 is 11.3 Å². The number of imide groups is 1. The Kier molecular flexibility index (Phi) is 6.28. The maximum absolute atomic E-state index is 13.6. The summed E-state index contributed by atoms with van der Waals surface area (Å²) in [6.07, 6.45) is 0.824. The molecule has 1 aliphatic rings. The number of carbonyl (C=O) groups is 2. The highest BCUT2D eigenvalue weighted by atomic mass is 32.1. The van der Waals surface area contributed by atoms with Crippen LogP contribution in [0.3, 0.4) is 0 Å². The first kappa shape index (κ1) is 21.6. The normalized spacial score (nSPS) is 13.7. The van der Waals surface area contributed by atoms with Crippen LogP contribution in [0.4, 0.5) is 17.1 Å². The van der Waals surface area contributed by atoms with E-state index in [1.165, 1.54) is 16.2 Å². The Morgan fingerprint density at radius 3 is 2.38 bits per heavy atom. The fraction of sp³-hybridized carbons (Fsp3) is 0.200. The van der Waals surface area contributed by atoms with E-state index in [4.69, 9.17) is 4.74 Å². The predicted octanol–water partition coefficient (Wildman–Crippen LogP) is 5.00. The van der Waals surface area contributed by atoms with Crippen LogP contribution in [-0.2, 0) is 9.59 Å². The van der Waals surface area contributed by atoms with Crippen molar-refractivity contribution in [3.05, 3.63) is 76.6 Å². The maximum atomic E-state index is 13.6. The summed E-state index contributed by atoms with van der Waals surface area (Å²) in [6.45, 7) is 2.51. The summed E-state index contributed by atoms with van der Waals surface area (Å²) < 4.78 is 5.82. The highest BCUT2D eigenvalue weighted by molar-refractivity contribution is 7.11. The van der Waals surface area contributed by atoms with Gasteiger partial charge in [-0.3, -0.25) is 9.59 Å². The Balaban J connectivity index is 1.74. The van der Waals surface area contributed by atoms with Crippen LogP contribution in [0.1, 0.15) is 18.2 Å². The third-order valence-corrected chi connectivity index (χ3v) is 5.96. The lowest BCUT2D eigenvalue weighted by atomic mass is 10.1. The molecule has 1 aromatic heterocycles. The van der Waals surface area contributed by atoms with Crippen molar-refractivity contribution in [2.75, 3.05) is 35.8 Å². The predicted molar refractivity (Wildman–Crippen MR) is 130 cm³/mol. The van der Waals surface area contributed by atoms with Crippen molar-refractivity contribution in [1.29, 1.82) is 0 Å². The number of amides is 2. The first-order valence-corrected chi connectivity index (χ1v) is 11.3. The molecule has 0 unspecified atom stereocenters. The van der Waals surface area contributed by atoms with E-state index in [0.717, 1.165) is 22.7 Å². The number of hydrogen-bond acceptors (Lipinski definition) is 6. The summed E-state index contributed by atoms with van der Waals surface area (Å²) >= 11 is 1.43. The second kappa shape index (κ2) is 9.28. The third kappa shape index (κ3) is 4.11. The van der Waals surface area contributed by atoms with Gasteiger partial charge in [0.25, 0.3) is 11.8 Å². The van der Waals surface area contributed by atoms with E-state index < -0.39 is 5.91 Å². The Hall–Kier alpha value is -3.58. The van der Waals surface area contributed by atoms with E-state index in [-0.39, 0.29) is 11.6 Å². The SMILES string of the molecule is CCCOc1ccccc1N1C(=O)C(Nc2ccc(N(C)C)cc2)=C(c2cccs2)C1=O. The van der Waals surface area contributed by atoms with Crippen molar-refractivity contribution in [2.24, 2.45) is 0 Å². The number of carbonyl (C=O) groups excluding carboxylic acids is 2. The molecule has 0 aliphatic carbocycles. The van der Waals surface area contributed by atoms with E-state index in [1.54, 1.807) is 18.2 Å². The highest BCUT2D eigenvalue weighted by Gasteiger charge is 2.41. The molecule has 6 nitrogen and oxygen atoms in total. The van der Waals surface area contributed by atoms with Gasteiger partial charge in [0, 0.05) is 30.3 Å². The standard InChI is InChI=1S/C25H25N3O3S/c1-4-15-31-20-9-6-5-8-19(20)28-24(29)22(21-10-7-16-32-21)23(25(28)30)26-17-11-13-18(14-12-17)27(2)3/h5-14,16,26H,4,15H2,1-3H3. The van der Waals surface area contributed by atoms with Crippen molar-refractivity contribution in [3.63, 3.8) is 0 Å². The highest BCUT2D eigenvalue weighted by Crippen LogP contribution is 2.39. The number of nitrogens with zero attached hydrogens (tertiary/aromatic N) is 2. The number of hydrogen-bond donors (Lipinski definition) is 1. The molecule has 0 radical (unpaired) electrons. The second-order valence-corrected chi connectivity index (χ2v) is 8.50. The molecule has 0 saturated carbocycles. The maximum Gasteiger partial charge on any atom is 0.282 e. The lowest BCUT2D eigenvalue weighted by Crippen LogP contribution is -2.32. The van der Waals surface area contributed by atoms with Gasteiger partial charge in [0.15, 0.2) is 0 Å². The number of nitrogens with one attached hydrogen (secondary N) is 1. The molecule has 0 saturated heterocycles. The molecule has 0 bridgehead atoms. The molecule has 32 heavy (non-hydrogen) atoms. The summed E-state index contributed by atoms with van der Waals surface area (Å²) in [5.41, 5.74) is 2.86. The molecule has 2 amide bonds. The van der Waals surface area contributed by atoms with E-state index in [2.05, 4.69) is 5.32 Å². The Morgan fingerprint density at radius 2 is 1.72 bits per heavy atom. The molecular weight excluding hydrogens is 422 g/mol. The van der Waals surface area contributed by atoms with E-state index >= 15 is 0 Å². The van der Waals surface area contributed by atoms with Crippen LogP contribution in [0.2, 0.25) is 0 Å². The minimum absolute atomic E-state index is 0.264. The zero-order valence-corrected chi connectivity index (χ0v) is 19.1. The summed E-state index contributed by atoms with van der Waals surface area (Å²) in [6, 6.07) is 18.6. The van der Waals surface area contributed by atoms with Crippen LogP contribution < -0.4 is 19.9 Å². The number of ether oxygens (including phenoxy) is 1. The van der Waals surface area contributed by atoms with E-state index in [0.29, 0.717) is 23.6 Å². The molecular formula is C25H25N3O3S. The van der Waals surface area contributed by atoms with Gasteiger partial charge in [0.1, 0.15) is 11.4 Å². The summed E-state index contributed by atoms with van der Waals surface area (Å²) in [5, 5.41) is 5.10. The van der Waals surface area contributed by atoms with Crippen molar-refractivity contribution < 1.29 is 14.3 Å². The minimum atomic E-state index is -0.400. The van der Waals surface area contributed by atoms with Crippen molar-refractivity contribution in [2.45, 2.75) is 13.3 Å². The van der Waals surface area contributed by atoms with Gasteiger partial charge in [-0.15, -0.1) is 11.3 Å². The molecule has 0 spiro atoms. The molecule has 1 N–H and O–H groups in total. The molecule has 0 atom stereocenters. The molecule has 2 aromatic carbocycles. The van der Waals surface area contributed by atoms with Gasteiger partial charge >= 0.3 is 0 Å². The first-order valence-electron chi connectivity index (χ1n) is 10.4. The monoisotopic (exact) mass is 447 g/mol. The second-order valence-electron chi connectivity index (χ2n) is 7.56. The quantitative estimate of drug-likeness (QED) is 0.493. The zero-order valence-electron chi connectivity index (χ0n) is 18.3. The van der Waals surface area contributed by atoms with Crippen molar-refractivity contribution >= 4 is 45.8 Å². The zero-order chi connectivity index (χ0) is 22.7. The Morgan fingerprint density at radius 1 is 0.969 bits per heavy atom. The van der Waals surface area contributed by atoms with Crippen molar-refractivity contribution in [1.82, 2.24) is 0 Å². The summed E-state index contributed by atoms with van der Waals surface area (Å²) in [4.78, 5) is 31.0. The lowest BCUT2D eigenvalue weighted by molar-refractivity contribution is -0.120. The molecule has 4 rings (SSSR count). The Bertz CT molecular complexity index is 1150. The van der Waals surface area contributed by atoms with E-state index in [1.807, 2.05) is 73.8 Å². The fourth-order valence-electron chi connectivity index (χ4n) is 3.48. The van der Waals surface area contributed by atoms with Gasteiger partial charge in [-0.1, -0.05) is 25.1 Å². The molecule has 0 fully saturated rings. The average Bonchev–Trinajstić information content (AvgIpc) is 3.40. The Labute approximate surface area is 191 Å². The first-order chi connectivity index (χ1) is 15.5. The van der Waals surface area contributed by atoms with Gasteiger partial charge in [-0.2, -0.15) is 0 Å². The van der Waals surface area contributed by atoms with Crippen LogP contribution in [0, 0.1) is 0 Å². The molecule has 3 aromatic rings. The lowest BCUT2D eigenvalue weighted by Gasteiger charge is -2.19. The van der Waals surface area contributed by atoms with Crippen LogP contribution in [0.25, 0.3) is 5.57 Å². The molecule has 164 valence electrons. The van der Waals surface area contributed by atoms with Crippen molar-refractivity contribution in [3.8, 4) is 5.75 Å². The van der Waals surface area contributed by atoms with Gasteiger partial charge in [0.2, 0.25) is 0 Å².